The average molecular weight is 263 g/mol. The molecule has 0 fully saturated rings. The third-order valence-corrected chi connectivity index (χ3v) is 3.23. The zero-order valence-corrected chi connectivity index (χ0v) is 13.5. The van der Waals surface area contributed by atoms with Crippen LogP contribution in [0, 0.1) is 12.3 Å². The fourth-order valence-electron chi connectivity index (χ4n) is 3.06. The van der Waals surface area contributed by atoms with E-state index in [-0.39, 0.29) is 17.0 Å². The van der Waals surface area contributed by atoms with Gasteiger partial charge in [0.1, 0.15) is 5.75 Å². The van der Waals surface area contributed by atoms with Crippen LogP contribution in [0.2, 0.25) is 0 Å². The van der Waals surface area contributed by atoms with Crippen molar-refractivity contribution in [1.82, 2.24) is 5.32 Å². The molecule has 0 bridgehead atoms. The summed E-state index contributed by atoms with van der Waals surface area (Å²) >= 11 is 0. The lowest BCUT2D eigenvalue weighted by atomic mass is 9.81. The molecule has 0 spiro atoms. The van der Waals surface area contributed by atoms with E-state index >= 15 is 0 Å². The largest absolute Gasteiger partial charge is 0.508 e. The Morgan fingerprint density at radius 2 is 1.74 bits per heavy atom. The van der Waals surface area contributed by atoms with Crippen molar-refractivity contribution in [3.05, 3.63) is 29.3 Å². The van der Waals surface area contributed by atoms with Crippen LogP contribution in [0.4, 0.5) is 0 Å². The van der Waals surface area contributed by atoms with E-state index in [0.717, 1.165) is 17.5 Å². The number of hydrogen-bond donors (Lipinski definition) is 2. The van der Waals surface area contributed by atoms with Gasteiger partial charge in [0, 0.05) is 17.1 Å². The molecule has 2 N–H and O–H groups in total. The van der Waals surface area contributed by atoms with Crippen LogP contribution in [-0.4, -0.2) is 10.6 Å². The zero-order valence-electron chi connectivity index (χ0n) is 13.5. The van der Waals surface area contributed by atoms with Crippen LogP contribution in [0.25, 0.3) is 0 Å². The smallest absolute Gasteiger partial charge is 0.120 e. The highest BCUT2D eigenvalue weighted by Gasteiger charge is 2.27. The van der Waals surface area contributed by atoms with Gasteiger partial charge in [-0.15, -0.1) is 0 Å². The minimum absolute atomic E-state index is 0.0367. The Morgan fingerprint density at radius 1 is 1.16 bits per heavy atom. The molecule has 0 saturated carbocycles. The molecule has 0 aromatic heterocycles. The van der Waals surface area contributed by atoms with Crippen LogP contribution in [0.1, 0.15) is 65.1 Å². The standard InChI is InChI=1S/C17H29NO/c1-12-8-9-14(15(19)10-12)13(2)18-17(6,7)11-16(3,4)5/h8-10,13,18-19H,11H2,1-7H3. The predicted octanol–water partition coefficient (Wildman–Crippen LogP) is 4.57. The minimum Gasteiger partial charge on any atom is -0.508 e. The second-order valence-electron chi connectivity index (χ2n) is 7.55. The first kappa shape index (κ1) is 16.0. The van der Waals surface area contributed by atoms with Gasteiger partial charge >= 0.3 is 0 Å². The van der Waals surface area contributed by atoms with Gasteiger partial charge in [0.15, 0.2) is 0 Å². The van der Waals surface area contributed by atoms with Crippen LogP contribution in [0.3, 0.4) is 0 Å². The van der Waals surface area contributed by atoms with Crippen LogP contribution in [-0.2, 0) is 0 Å². The van der Waals surface area contributed by atoms with Crippen molar-refractivity contribution in [3.8, 4) is 5.75 Å². The van der Waals surface area contributed by atoms with Crippen molar-refractivity contribution < 1.29 is 5.11 Å². The van der Waals surface area contributed by atoms with Crippen molar-refractivity contribution in [2.45, 2.75) is 66.5 Å². The quantitative estimate of drug-likeness (QED) is 0.834. The van der Waals surface area contributed by atoms with Gasteiger partial charge in [-0.05, 0) is 51.2 Å². The molecule has 1 aromatic rings. The topological polar surface area (TPSA) is 32.3 Å². The van der Waals surface area contributed by atoms with Crippen LogP contribution in [0.5, 0.6) is 5.75 Å². The summed E-state index contributed by atoms with van der Waals surface area (Å²) in [6.07, 6.45) is 1.08. The second kappa shape index (κ2) is 5.54. The molecule has 2 heteroatoms. The highest BCUT2D eigenvalue weighted by Crippen LogP contribution is 2.31. The number of phenolic OH excluding ortho intramolecular Hbond substituents is 1. The molecule has 1 atom stereocenters. The Hall–Kier alpha value is -1.02. The Balaban J connectivity index is 2.81. The van der Waals surface area contributed by atoms with Crippen molar-refractivity contribution in [2.75, 3.05) is 0 Å². The first-order valence-electron chi connectivity index (χ1n) is 7.07. The van der Waals surface area contributed by atoms with E-state index in [2.05, 4.69) is 46.9 Å². The van der Waals surface area contributed by atoms with Crippen molar-refractivity contribution in [1.29, 1.82) is 0 Å². The van der Waals surface area contributed by atoms with E-state index in [4.69, 9.17) is 0 Å². The average Bonchev–Trinajstić information content (AvgIpc) is 2.11. The van der Waals surface area contributed by atoms with Crippen molar-refractivity contribution >= 4 is 0 Å². The summed E-state index contributed by atoms with van der Waals surface area (Å²) in [5, 5.41) is 13.7. The molecular formula is C17H29NO. The maximum atomic E-state index is 10.1. The van der Waals surface area contributed by atoms with E-state index < -0.39 is 0 Å². The Kier molecular flexibility index (Phi) is 4.67. The summed E-state index contributed by atoms with van der Waals surface area (Å²) in [4.78, 5) is 0. The monoisotopic (exact) mass is 263 g/mol. The van der Waals surface area contributed by atoms with E-state index in [0.29, 0.717) is 5.75 Å². The molecule has 108 valence electrons. The number of phenols is 1. The Morgan fingerprint density at radius 3 is 2.21 bits per heavy atom. The summed E-state index contributed by atoms with van der Waals surface area (Å²) in [5.74, 6) is 0.381. The summed E-state index contributed by atoms with van der Waals surface area (Å²) in [7, 11) is 0. The lowest BCUT2D eigenvalue weighted by Crippen LogP contribution is -2.43. The molecule has 0 heterocycles. The number of aromatic hydroxyl groups is 1. The molecule has 1 rings (SSSR count). The van der Waals surface area contributed by atoms with Crippen LogP contribution >= 0.6 is 0 Å². The number of rotatable bonds is 4. The summed E-state index contributed by atoms with van der Waals surface area (Å²) in [5.41, 5.74) is 2.37. The maximum Gasteiger partial charge on any atom is 0.120 e. The number of hydrogen-bond acceptors (Lipinski definition) is 2. The summed E-state index contributed by atoms with van der Waals surface area (Å²) in [6, 6.07) is 6.02. The van der Waals surface area contributed by atoms with Gasteiger partial charge in [-0.2, -0.15) is 0 Å². The molecule has 0 radical (unpaired) electrons. The molecule has 2 nitrogen and oxygen atoms in total. The van der Waals surface area contributed by atoms with Gasteiger partial charge in [-0.3, -0.25) is 0 Å². The Bertz CT molecular complexity index is 429. The maximum absolute atomic E-state index is 10.1. The molecule has 19 heavy (non-hydrogen) atoms. The van der Waals surface area contributed by atoms with Gasteiger partial charge in [-0.1, -0.05) is 32.9 Å². The molecular weight excluding hydrogens is 234 g/mol. The normalized spacial score (nSPS) is 14.5. The highest BCUT2D eigenvalue weighted by molar-refractivity contribution is 5.37. The van der Waals surface area contributed by atoms with Gasteiger partial charge < -0.3 is 10.4 Å². The number of benzene rings is 1. The first-order chi connectivity index (χ1) is 8.50. The first-order valence-corrected chi connectivity index (χ1v) is 7.07. The fraction of sp³-hybridized carbons (Fsp3) is 0.647. The molecule has 0 saturated heterocycles. The van der Waals surface area contributed by atoms with Crippen LogP contribution < -0.4 is 5.32 Å². The Labute approximate surface area is 118 Å². The van der Waals surface area contributed by atoms with Gasteiger partial charge in [0.25, 0.3) is 0 Å². The second-order valence-corrected chi connectivity index (χ2v) is 7.55. The van der Waals surface area contributed by atoms with Gasteiger partial charge in [0.2, 0.25) is 0 Å². The molecule has 1 unspecified atom stereocenters. The lowest BCUT2D eigenvalue weighted by molar-refractivity contribution is 0.226. The fourth-order valence-corrected chi connectivity index (χ4v) is 3.06. The molecule has 0 aliphatic heterocycles. The molecule has 0 aliphatic rings. The van der Waals surface area contributed by atoms with E-state index in [9.17, 15) is 5.11 Å². The molecule has 0 aliphatic carbocycles. The van der Waals surface area contributed by atoms with E-state index in [1.807, 2.05) is 25.1 Å². The minimum atomic E-state index is 0.0367. The van der Waals surface area contributed by atoms with Gasteiger partial charge in [0.05, 0.1) is 0 Å². The van der Waals surface area contributed by atoms with Crippen molar-refractivity contribution in [2.24, 2.45) is 5.41 Å². The third-order valence-electron chi connectivity index (χ3n) is 3.23. The van der Waals surface area contributed by atoms with Crippen LogP contribution in [0.15, 0.2) is 18.2 Å². The van der Waals surface area contributed by atoms with Gasteiger partial charge in [-0.25, -0.2) is 0 Å². The highest BCUT2D eigenvalue weighted by atomic mass is 16.3. The number of aryl methyl sites for hydroxylation is 1. The molecule has 0 amide bonds. The predicted molar refractivity (Wildman–Crippen MR) is 82.5 cm³/mol. The lowest BCUT2D eigenvalue weighted by Gasteiger charge is -2.36. The van der Waals surface area contributed by atoms with E-state index in [1.54, 1.807) is 0 Å². The SMILES string of the molecule is Cc1ccc(C(C)NC(C)(C)CC(C)(C)C)c(O)c1. The summed E-state index contributed by atoms with van der Waals surface area (Å²) in [6.45, 7) is 15.3. The van der Waals surface area contributed by atoms with Crippen molar-refractivity contribution in [3.63, 3.8) is 0 Å². The zero-order chi connectivity index (χ0) is 14.8. The third kappa shape index (κ3) is 5.23. The molecule has 1 aromatic carbocycles. The van der Waals surface area contributed by atoms with E-state index in [1.165, 1.54) is 0 Å². The number of nitrogens with one attached hydrogen (secondary N) is 1. The summed E-state index contributed by atoms with van der Waals surface area (Å²) < 4.78 is 0.